The summed E-state index contributed by atoms with van der Waals surface area (Å²) in [5, 5.41) is 13.8. The van der Waals surface area contributed by atoms with Crippen LogP contribution < -0.4 is 15.4 Å². The largest absolute Gasteiger partial charge is 0.482 e. The van der Waals surface area contributed by atoms with Crippen molar-refractivity contribution in [1.29, 1.82) is 0 Å². The zero-order valence-electron chi connectivity index (χ0n) is 15.1. The quantitative estimate of drug-likeness (QED) is 0.694. The molecule has 1 aromatic carbocycles. The number of nitrogens with one attached hydrogen (secondary N) is 2. The monoisotopic (exact) mass is 401 g/mol. The van der Waals surface area contributed by atoms with Gasteiger partial charge in [-0.05, 0) is 19.9 Å². The van der Waals surface area contributed by atoms with Gasteiger partial charge in [0.15, 0.2) is 6.61 Å². The number of ether oxygens (including phenoxy) is 1. The lowest BCUT2D eigenvalue weighted by molar-refractivity contribution is -0.118. The van der Waals surface area contributed by atoms with Gasteiger partial charge in [-0.25, -0.2) is 0 Å². The molecule has 4 rings (SSSR count). The first-order valence-corrected chi connectivity index (χ1v) is 8.91. The number of aromatic nitrogens is 3. The highest BCUT2D eigenvalue weighted by Gasteiger charge is 2.21. The number of halogens is 1. The van der Waals surface area contributed by atoms with Gasteiger partial charge in [0.2, 0.25) is 5.76 Å². The van der Waals surface area contributed by atoms with Crippen LogP contribution in [-0.2, 0) is 11.3 Å². The summed E-state index contributed by atoms with van der Waals surface area (Å²) in [6.45, 7) is 4.55. The molecule has 0 saturated heterocycles. The van der Waals surface area contributed by atoms with Crippen LogP contribution in [0.4, 0.5) is 11.4 Å². The molecule has 1 aliphatic heterocycles. The number of benzene rings is 1. The second-order valence-electron chi connectivity index (χ2n) is 6.16. The van der Waals surface area contributed by atoms with E-state index in [9.17, 15) is 9.59 Å². The van der Waals surface area contributed by atoms with Crippen molar-refractivity contribution >= 4 is 34.8 Å². The molecule has 0 spiro atoms. The molecular formula is C18H16ClN5O4. The number of hydrogen-bond acceptors (Lipinski definition) is 6. The van der Waals surface area contributed by atoms with E-state index in [0.717, 1.165) is 17.8 Å². The van der Waals surface area contributed by atoms with E-state index in [1.54, 1.807) is 18.3 Å². The molecule has 0 saturated carbocycles. The number of rotatable bonds is 4. The number of fused-ring (bicyclic) bond motifs is 1. The smallest absolute Gasteiger partial charge is 0.294 e. The van der Waals surface area contributed by atoms with Crippen LogP contribution in [0.15, 0.2) is 28.9 Å². The predicted molar refractivity (Wildman–Crippen MR) is 102 cm³/mol. The van der Waals surface area contributed by atoms with Gasteiger partial charge in [-0.1, -0.05) is 16.8 Å². The van der Waals surface area contributed by atoms with Crippen molar-refractivity contribution < 1.29 is 18.8 Å². The van der Waals surface area contributed by atoms with Crippen LogP contribution in [0.3, 0.4) is 0 Å². The van der Waals surface area contributed by atoms with E-state index in [4.69, 9.17) is 20.9 Å². The Kier molecular flexibility index (Phi) is 4.52. The highest BCUT2D eigenvalue weighted by Crippen LogP contribution is 2.36. The van der Waals surface area contributed by atoms with Crippen molar-refractivity contribution in [2.45, 2.75) is 20.4 Å². The van der Waals surface area contributed by atoms with E-state index >= 15 is 0 Å². The summed E-state index contributed by atoms with van der Waals surface area (Å²) in [7, 11) is 0. The van der Waals surface area contributed by atoms with E-state index < -0.39 is 5.91 Å². The van der Waals surface area contributed by atoms with Crippen molar-refractivity contribution in [2.75, 3.05) is 17.2 Å². The highest BCUT2D eigenvalue weighted by molar-refractivity contribution is 6.34. The molecule has 0 bridgehead atoms. The van der Waals surface area contributed by atoms with Crippen LogP contribution in [-0.4, -0.2) is 33.4 Å². The maximum atomic E-state index is 12.5. The lowest BCUT2D eigenvalue weighted by Crippen LogP contribution is -2.25. The van der Waals surface area contributed by atoms with Crippen LogP contribution in [0.2, 0.25) is 5.02 Å². The molecule has 0 atom stereocenters. The van der Waals surface area contributed by atoms with Gasteiger partial charge in [-0.3, -0.25) is 14.3 Å². The van der Waals surface area contributed by atoms with Crippen molar-refractivity contribution in [3.05, 3.63) is 40.9 Å². The molecule has 3 heterocycles. The maximum Gasteiger partial charge on any atom is 0.294 e. The molecule has 10 heteroatoms. The van der Waals surface area contributed by atoms with Gasteiger partial charge in [-0.15, -0.1) is 0 Å². The average Bonchev–Trinajstić information content (AvgIpc) is 3.29. The molecule has 3 aromatic rings. The number of nitrogens with zero attached hydrogens (tertiary/aromatic N) is 3. The minimum atomic E-state index is -0.513. The Morgan fingerprint density at radius 2 is 2.21 bits per heavy atom. The van der Waals surface area contributed by atoms with E-state index in [2.05, 4.69) is 20.9 Å². The fourth-order valence-electron chi connectivity index (χ4n) is 2.91. The van der Waals surface area contributed by atoms with Gasteiger partial charge in [0.25, 0.3) is 11.8 Å². The van der Waals surface area contributed by atoms with E-state index in [1.165, 1.54) is 6.07 Å². The summed E-state index contributed by atoms with van der Waals surface area (Å²) in [5.74, 6) is -0.334. The summed E-state index contributed by atoms with van der Waals surface area (Å²) < 4.78 is 12.4. The van der Waals surface area contributed by atoms with Gasteiger partial charge in [0.1, 0.15) is 11.4 Å². The normalized spacial score (nSPS) is 12.9. The summed E-state index contributed by atoms with van der Waals surface area (Å²) in [5.41, 5.74) is 3.02. The van der Waals surface area contributed by atoms with Crippen LogP contribution in [0.1, 0.15) is 23.2 Å². The Labute approximate surface area is 164 Å². The number of hydrogen-bond donors (Lipinski definition) is 2. The van der Waals surface area contributed by atoms with Crippen molar-refractivity contribution in [2.24, 2.45) is 0 Å². The SMILES string of the molecule is CCn1ncc(-c2cc(C(=O)Nc3cc4c(cc3Cl)NC(=O)CO4)on2)c1C. The average molecular weight is 402 g/mol. The van der Waals surface area contributed by atoms with E-state index in [1.807, 2.05) is 18.5 Å². The number of carbonyl (C=O) groups excluding carboxylic acids is 2. The highest BCUT2D eigenvalue weighted by atomic mass is 35.5. The van der Waals surface area contributed by atoms with E-state index in [-0.39, 0.29) is 23.3 Å². The zero-order valence-corrected chi connectivity index (χ0v) is 15.8. The Morgan fingerprint density at radius 1 is 1.39 bits per heavy atom. The van der Waals surface area contributed by atoms with Gasteiger partial charge < -0.3 is 19.9 Å². The fraction of sp³-hybridized carbons (Fsp3) is 0.222. The van der Waals surface area contributed by atoms with Gasteiger partial charge in [0, 0.05) is 29.9 Å². The number of amides is 2. The molecule has 2 aromatic heterocycles. The third kappa shape index (κ3) is 3.20. The molecule has 0 fully saturated rings. The Balaban J connectivity index is 1.56. The number of aryl methyl sites for hydroxylation is 1. The molecular weight excluding hydrogens is 386 g/mol. The minimum absolute atomic E-state index is 0.0293. The molecule has 0 unspecified atom stereocenters. The molecule has 2 amide bonds. The summed E-state index contributed by atoms with van der Waals surface area (Å²) in [6.07, 6.45) is 1.68. The Morgan fingerprint density at radius 3 is 2.96 bits per heavy atom. The van der Waals surface area contributed by atoms with Crippen LogP contribution in [0.25, 0.3) is 11.3 Å². The topological polar surface area (TPSA) is 111 Å². The number of carbonyl (C=O) groups is 2. The fourth-order valence-corrected chi connectivity index (χ4v) is 3.12. The third-order valence-electron chi connectivity index (χ3n) is 4.36. The van der Waals surface area contributed by atoms with Crippen molar-refractivity contribution in [3.8, 4) is 17.0 Å². The van der Waals surface area contributed by atoms with Gasteiger partial charge >= 0.3 is 0 Å². The Bertz CT molecular complexity index is 1090. The Hall–Kier alpha value is -3.33. The molecule has 0 radical (unpaired) electrons. The predicted octanol–water partition coefficient (Wildman–Crippen LogP) is 3.10. The third-order valence-corrected chi connectivity index (χ3v) is 4.68. The second-order valence-corrected chi connectivity index (χ2v) is 6.56. The summed E-state index contributed by atoms with van der Waals surface area (Å²) in [4.78, 5) is 23.9. The van der Waals surface area contributed by atoms with Gasteiger partial charge in [-0.2, -0.15) is 5.10 Å². The molecule has 0 aliphatic carbocycles. The van der Waals surface area contributed by atoms with E-state index in [0.29, 0.717) is 22.8 Å². The molecule has 2 N–H and O–H groups in total. The summed E-state index contributed by atoms with van der Waals surface area (Å²) in [6, 6.07) is 4.60. The molecule has 1 aliphatic rings. The van der Waals surface area contributed by atoms with Crippen LogP contribution >= 0.6 is 11.6 Å². The molecule has 9 nitrogen and oxygen atoms in total. The first kappa shape index (κ1) is 18.1. The lowest BCUT2D eigenvalue weighted by atomic mass is 10.2. The molecule has 144 valence electrons. The van der Waals surface area contributed by atoms with Crippen LogP contribution in [0, 0.1) is 6.92 Å². The minimum Gasteiger partial charge on any atom is -0.482 e. The first-order valence-electron chi connectivity index (χ1n) is 8.53. The van der Waals surface area contributed by atoms with Crippen LogP contribution in [0.5, 0.6) is 5.75 Å². The zero-order chi connectivity index (χ0) is 19.8. The first-order chi connectivity index (χ1) is 13.5. The van der Waals surface area contributed by atoms with Crippen molar-refractivity contribution in [1.82, 2.24) is 14.9 Å². The molecule has 28 heavy (non-hydrogen) atoms. The lowest BCUT2D eigenvalue weighted by Gasteiger charge is -2.19. The second kappa shape index (κ2) is 7.01. The maximum absolute atomic E-state index is 12.5. The summed E-state index contributed by atoms with van der Waals surface area (Å²) >= 11 is 6.20. The number of anilines is 2. The standard InChI is InChI=1S/C18H16ClN5O4/c1-3-24-9(2)10(7-20-24)12-5-16(28-23-12)18(26)22-13-6-15-14(4-11(13)19)21-17(25)8-27-15/h4-7H,3,8H2,1-2H3,(H,21,25)(H,22,26). The van der Waals surface area contributed by atoms with Crippen molar-refractivity contribution in [3.63, 3.8) is 0 Å². The van der Waals surface area contributed by atoms with Gasteiger partial charge in [0.05, 0.1) is 22.6 Å².